The molecular formula is C12H14ClFO2. The number of halogens is 2. The molecule has 1 saturated heterocycles. The second kappa shape index (κ2) is 4.70. The van der Waals surface area contributed by atoms with Gasteiger partial charge in [-0.15, -0.1) is 0 Å². The average Bonchev–Trinajstić information content (AvgIpc) is 2.67. The van der Waals surface area contributed by atoms with E-state index in [1.54, 1.807) is 0 Å². The van der Waals surface area contributed by atoms with Crippen LogP contribution in [-0.4, -0.2) is 17.8 Å². The van der Waals surface area contributed by atoms with E-state index in [-0.39, 0.29) is 17.8 Å². The normalized spacial score (nSPS) is 27.0. The predicted octanol–water partition coefficient (Wildman–Crippen LogP) is 2.94. The molecule has 3 unspecified atom stereocenters. The summed E-state index contributed by atoms with van der Waals surface area (Å²) in [6, 6.07) is 4.04. The van der Waals surface area contributed by atoms with Crippen molar-refractivity contribution >= 4 is 11.6 Å². The molecule has 16 heavy (non-hydrogen) atoms. The first-order valence-electron chi connectivity index (χ1n) is 5.32. The summed E-state index contributed by atoms with van der Waals surface area (Å²) >= 11 is 5.94. The maximum Gasteiger partial charge on any atom is 0.123 e. The highest BCUT2D eigenvalue weighted by atomic mass is 35.5. The van der Waals surface area contributed by atoms with Crippen molar-refractivity contribution < 1.29 is 14.2 Å². The topological polar surface area (TPSA) is 29.5 Å². The van der Waals surface area contributed by atoms with Crippen LogP contribution in [0.3, 0.4) is 0 Å². The predicted molar refractivity (Wildman–Crippen MR) is 59.9 cm³/mol. The van der Waals surface area contributed by atoms with E-state index >= 15 is 0 Å². The Morgan fingerprint density at radius 1 is 1.56 bits per heavy atom. The van der Waals surface area contributed by atoms with Crippen LogP contribution in [0.5, 0.6) is 0 Å². The number of aliphatic hydroxyl groups excluding tert-OH is 1. The molecule has 2 nitrogen and oxygen atoms in total. The largest absolute Gasteiger partial charge is 0.388 e. The lowest BCUT2D eigenvalue weighted by molar-refractivity contribution is 0.0803. The molecule has 0 radical (unpaired) electrons. The van der Waals surface area contributed by atoms with Crippen LogP contribution in [0.4, 0.5) is 4.39 Å². The highest BCUT2D eigenvalue weighted by Crippen LogP contribution is 2.34. The van der Waals surface area contributed by atoms with Crippen LogP contribution in [0.25, 0.3) is 0 Å². The Bertz CT molecular complexity index is 383. The van der Waals surface area contributed by atoms with Crippen LogP contribution in [0, 0.1) is 11.7 Å². The van der Waals surface area contributed by atoms with Gasteiger partial charge in [0, 0.05) is 16.5 Å². The minimum Gasteiger partial charge on any atom is -0.388 e. The van der Waals surface area contributed by atoms with Gasteiger partial charge in [-0.3, -0.25) is 0 Å². The van der Waals surface area contributed by atoms with E-state index in [2.05, 4.69) is 0 Å². The van der Waals surface area contributed by atoms with Crippen molar-refractivity contribution in [2.24, 2.45) is 5.92 Å². The molecule has 2 rings (SSSR count). The van der Waals surface area contributed by atoms with E-state index in [9.17, 15) is 9.50 Å². The van der Waals surface area contributed by atoms with Gasteiger partial charge in [0.2, 0.25) is 0 Å². The summed E-state index contributed by atoms with van der Waals surface area (Å²) in [5.41, 5.74) is 0.448. The number of hydrogen-bond acceptors (Lipinski definition) is 2. The zero-order chi connectivity index (χ0) is 11.7. The first kappa shape index (κ1) is 11.8. The van der Waals surface area contributed by atoms with Gasteiger partial charge >= 0.3 is 0 Å². The summed E-state index contributed by atoms with van der Waals surface area (Å²) in [5, 5.41) is 10.5. The van der Waals surface area contributed by atoms with Crippen molar-refractivity contribution in [1.82, 2.24) is 0 Å². The van der Waals surface area contributed by atoms with Gasteiger partial charge in [0.05, 0.1) is 18.8 Å². The van der Waals surface area contributed by atoms with Crippen molar-refractivity contribution in [3.63, 3.8) is 0 Å². The molecule has 1 aliphatic rings. The van der Waals surface area contributed by atoms with Crippen LogP contribution < -0.4 is 0 Å². The summed E-state index contributed by atoms with van der Waals surface area (Å²) in [5.74, 6) is -0.389. The van der Waals surface area contributed by atoms with Crippen LogP contribution in [0.1, 0.15) is 25.0 Å². The minimum atomic E-state index is -0.756. The number of aliphatic hydroxyl groups is 1. The van der Waals surface area contributed by atoms with Gasteiger partial charge in [-0.1, -0.05) is 11.6 Å². The molecule has 4 heteroatoms. The number of hydrogen-bond donors (Lipinski definition) is 1. The van der Waals surface area contributed by atoms with Crippen molar-refractivity contribution in [3.05, 3.63) is 34.6 Å². The van der Waals surface area contributed by atoms with E-state index < -0.39 is 6.10 Å². The monoisotopic (exact) mass is 244 g/mol. The molecule has 0 amide bonds. The second-order valence-electron chi connectivity index (χ2n) is 4.25. The van der Waals surface area contributed by atoms with Gasteiger partial charge in [0.15, 0.2) is 0 Å². The lowest BCUT2D eigenvalue weighted by Crippen LogP contribution is -2.13. The van der Waals surface area contributed by atoms with Gasteiger partial charge in [-0.25, -0.2) is 4.39 Å². The quantitative estimate of drug-likeness (QED) is 0.867. The van der Waals surface area contributed by atoms with Crippen LogP contribution in [0.15, 0.2) is 18.2 Å². The Hall–Kier alpha value is -0.640. The van der Waals surface area contributed by atoms with E-state index in [0.29, 0.717) is 17.2 Å². The maximum atomic E-state index is 13.1. The highest BCUT2D eigenvalue weighted by molar-refractivity contribution is 6.31. The van der Waals surface area contributed by atoms with Crippen molar-refractivity contribution in [3.8, 4) is 0 Å². The summed E-state index contributed by atoms with van der Waals surface area (Å²) in [4.78, 5) is 0. The van der Waals surface area contributed by atoms with E-state index in [1.807, 2.05) is 6.92 Å². The van der Waals surface area contributed by atoms with E-state index in [1.165, 1.54) is 18.2 Å². The maximum absolute atomic E-state index is 13.1. The molecular weight excluding hydrogens is 231 g/mol. The standard InChI is InChI=1S/C12H14ClFO2/c1-7-4-8(6-16-7)12(15)10-5-9(14)2-3-11(10)13/h2-3,5,7-8,12,15H,4,6H2,1H3. The van der Waals surface area contributed by atoms with Crippen molar-refractivity contribution in [2.45, 2.75) is 25.6 Å². The Morgan fingerprint density at radius 3 is 2.94 bits per heavy atom. The summed E-state index contributed by atoms with van der Waals surface area (Å²) < 4.78 is 18.5. The Labute approximate surface area is 99.0 Å². The van der Waals surface area contributed by atoms with Gasteiger partial charge in [0.1, 0.15) is 5.82 Å². The van der Waals surface area contributed by atoms with Gasteiger partial charge in [0.25, 0.3) is 0 Å². The second-order valence-corrected chi connectivity index (χ2v) is 4.66. The zero-order valence-electron chi connectivity index (χ0n) is 8.99. The lowest BCUT2D eigenvalue weighted by atomic mass is 9.93. The number of ether oxygens (including phenoxy) is 1. The fraction of sp³-hybridized carbons (Fsp3) is 0.500. The summed E-state index contributed by atoms with van der Waals surface area (Å²) in [7, 11) is 0. The molecule has 0 aromatic heterocycles. The van der Waals surface area contributed by atoms with Crippen LogP contribution in [0.2, 0.25) is 5.02 Å². The molecule has 0 aliphatic carbocycles. The van der Waals surface area contributed by atoms with E-state index in [0.717, 1.165) is 6.42 Å². The molecule has 1 heterocycles. The van der Waals surface area contributed by atoms with Crippen LogP contribution >= 0.6 is 11.6 Å². The Balaban J connectivity index is 2.20. The van der Waals surface area contributed by atoms with Gasteiger partial charge in [-0.05, 0) is 31.5 Å². The smallest absolute Gasteiger partial charge is 0.123 e. The number of benzene rings is 1. The van der Waals surface area contributed by atoms with Crippen molar-refractivity contribution in [2.75, 3.05) is 6.61 Å². The molecule has 1 fully saturated rings. The molecule has 0 saturated carbocycles. The lowest BCUT2D eigenvalue weighted by Gasteiger charge is -2.18. The van der Waals surface area contributed by atoms with Crippen molar-refractivity contribution in [1.29, 1.82) is 0 Å². The SMILES string of the molecule is CC1CC(C(O)c2cc(F)ccc2Cl)CO1. The molecule has 0 bridgehead atoms. The first-order valence-corrected chi connectivity index (χ1v) is 5.70. The average molecular weight is 245 g/mol. The fourth-order valence-corrected chi connectivity index (χ4v) is 2.29. The molecule has 1 aromatic carbocycles. The zero-order valence-corrected chi connectivity index (χ0v) is 9.75. The van der Waals surface area contributed by atoms with E-state index in [4.69, 9.17) is 16.3 Å². The molecule has 1 aromatic rings. The summed E-state index contributed by atoms with van der Waals surface area (Å²) in [6.07, 6.45) is 0.161. The minimum absolute atomic E-state index is 0.00528. The molecule has 3 atom stereocenters. The van der Waals surface area contributed by atoms with Crippen LogP contribution in [-0.2, 0) is 4.74 Å². The Kier molecular flexibility index (Phi) is 3.47. The number of rotatable bonds is 2. The first-order chi connectivity index (χ1) is 7.58. The molecule has 1 N–H and O–H groups in total. The molecule has 1 aliphatic heterocycles. The molecule has 88 valence electrons. The molecule has 0 spiro atoms. The van der Waals surface area contributed by atoms with Gasteiger partial charge in [-0.2, -0.15) is 0 Å². The third-order valence-corrected chi connectivity index (χ3v) is 3.30. The van der Waals surface area contributed by atoms with Gasteiger partial charge < -0.3 is 9.84 Å². The summed E-state index contributed by atoms with van der Waals surface area (Å²) in [6.45, 7) is 2.45. The fourth-order valence-electron chi connectivity index (χ4n) is 2.07. The Morgan fingerprint density at radius 2 is 2.31 bits per heavy atom. The third-order valence-electron chi connectivity index (χ3n) is 2.95. The highest BCUT2D eigenvalue weighted by Gasteiger charge is 2.30. The third kappa shape index (κ3) is 2.37.